The van der Waals surface area contributed by atoms with Crippen LogP contribution in [0, 0.1) is 12.8 Å². The second-order valence-corrected chi connectivity index (χ2v) is 7.66. The van der Waals surface area contributed by atoms with Gasteiger partial charge < -0.3 is 24.7 Å². The van der Waals surface area contributed by atoms with E-state index in [1.165, 1.54) is 5.56 Å². The van der Waals surface area contributed by atoms with Crippen LogP contribution in [-0.2, 0) is 24.8 Å². The SMILES string of the molecule is COc1ccc(CCNC(=NCc2nnc(C)n2C)NCCCOCC(C)C)cc1.I. The molecular formula is C22H37IN6O2. The Morgan fingerprint density at radius 3 is 2.45 bits per heavy atom. The molecule has 2 rings (SSSR count). The van der Waals surface area contributed by atoms with E-state index < -0.39 is 0 Å². The summed E-state index contributed by atoms with van der Waals surface area (Å²) in [6, 6.07) is 8.13. The molecule has 0 fully saturated rings. The fourth-order valence-corrected chi connectivity index (χ4v) is 2.73. The lowest BCUT2D eigenvalue weighted by molar-refractivity contribution is 0.108. The Labute approximate surface area is 203 Å². The highest BCUT2D eigenvalue weighted by atomic mass is 127. The molecule has 1 aromatic heterocycles. The first-order valence-electron chi connectivity index (χ1n) is 10.6. The topological polar surface area (TPSA) is 85.6 Å². The quantitative estimate of drug-likeness (QED) is 0.185. The molecule has 0 aliphatic rings. The highest BCUT2D eigenvalue weighted by Crippen LogP contribution is 2.11. The van der Waals surface area contributed by atoms with Crippen molar-refractivity contribution in [2.45, 2.75) is 40.2 Å². The van der Waals surface area contributed by atoms with Gasteiger partial charge in [-0.2, -0.15) is 0 Å². The Hall–Kier alpha value is -1.88. The average Bonchev–Trinajstić information content (AvgIpc) is 3.06. The Balaban J connectivity index is 0.00000480. The average molecular weight is 544 g/mol. The van der Waals surface area contributed by atoms with Crippen molar-refractivity contribution in [1.82, 2.24) is 25.4 Å². The lowest BCUT2D eigenvalue weighted by Gasteiger charge is -2.13. The van der Waals surface area contributed by atoms with E-state index in [-0.39, 0.29) is 24.0 Å². The fourth-order valence-electron chi connectivity index (χ4n) is 2.73. The highest BCUT2D eigenvalue weighted by Gasteiger charge is 2.05. The van der Waals surface area contributed by atoms with Crippen LogP contribution in [-0.4, -0.2) is 54.1 Å². The molecule has 0 saturated carbocycles. The summed E-state index contributed by atoms with van der Waals surface area (Å²) in [5.74, 6) is 3.92. The van der Waals surface area contributed by atoms with E-state index >= 15 is 0 Å². The van der Waals surface area contributed by atoms with E-state index in [4.69, 9.17) is 9.47 Å². The van der Waals surface area contributed by atoms with Crippen molar-refractivity contribution in [2.24, 2.45) is 18.0 Å². The van der Waals surface area contributed by atoms with Crippen molar-refractivity contribution in [2.75, 3.05) is 33.4 Å². The maximum Gasteiger partial charge on any atom is 0.191 e. The number of hydrogen-bond donors (Lipinski definition) is 2. The van der Waals surface area contributed by atoms with Crippen LogP contribution >= 0.6 is 24.0 Å². The molecule has 0 amide bonds. The molecule has 31 heavy (non-hydrogen) atoms. The molecule has 0 unspecified atom stereocenters. The zero-order valence-corrected chi connectivity index (χ0v) is 21.7. The van der Waals surface area contributed by atoms with Crippen molar-refractivity contribution < 1.29 is 9.47 Å². The van der Waals surface area contributed by atoms with Crippen molar-refractivity contribution in [3.8, 4) is 5.75 Å². The van der Waals surface area contributed by atoms with Gasteiger partial charge in [-0.3, -0.25) is 0 Å². The van der Waals surface area contributed by atoms with Gasteiger partial charge in [0.1, 0.15) is 18.1 Å². The number of hydrogen-bond acceptors (Lipinski definition) is 5. The molecule has 0 saturated heterocycles. The summed E-state index contributed by atoms with van der Waals surface area (Å²) < 4.78 is 12.8. The number of benzene rings is 1. The van der Waals surface area contributed by atoms with Gasteiger partial charge in [-0.25, -0.2) is 4.99 Å². The third-order valence-electron chi connectivity index (χ3n) is 4.64. The number of rotatable bonds is 12. The van der Waals surface area contributed by atoms with Gasteiger partial charge in [-0.15, -0.1) is 34.2 Å². The first kappa shape index (κ1) is 27.2. The molecule has 1 heterocycles. The number of ether oxygens (including phenoxy) is 2. The van der Waals surface area contributed by atoms with Crippen LogP contribution in [0.4, 0.5) is 0 Å². The molecule has 1 aromatic carbocycles. The van der Waals surface area contributed by atoms with Gasteiger partial charge >= 0.3 is 0 Å². The minimum Gasteiger partial charge on any atom is -0.497 e. The minimum atomic E-state index is 0. The molecule has 0 aliphatic heterocycles. The molecule has 174 valence electrons. The number of methoxy groups -OCH3 is 1. The summed E-state index contributed by atoms with van der Waals surface area (Å²) in [7, 11) is 3.63. The predicted molar refractivity (Wildman–Crippen MR) is 135 cm³/mol. The minimum absolute atomic E-state index is 0. The van der Waals surface area contributed by atoms with Gasteiger partial charge in [0, 0.05) is 33.4 Å². The lowest BCUT2D eigenvalue weighted by Crippen LogP contribution is -2.39. The highest BCUT2D eigenvalue weighted by molar-refractivity contribution is 14.0. The number of nitrogens with zero attached hydrogens (tertiary/aromatic N) is 4. The molecule has 0 spiro atoms. The van der Waals surface area contributed by atoms with Crippen LogP contribution in [0.1, 0.15) is 37.5 Å². The smallest absolute Gasteiger partial charge is 0.191 e. The third-order valence-corrected chi connectivity index (χ3v) is 4.64. The van der Waals surface area contributed by atoms with Crippen LogP contribution in [0.2, 0.25) is 0 Å². The number of aliphatic imine (C=N–C) groups is 1. The number of halogens is 1. The van der Waals surface area contributed by atoms with Gasteiger partial charge in [0.15, 0.2) is 11.8 Å². The number of aromatic nitrogens is 3. The molecule has 8 nitrogen and oxygen atoms in total. The van der Waals surface area contributed by atoms with Crippen LogP contribution in [0.25, 0.3) is 0 Å². The lowest BCUT2D eigenvalue weighted by atomic mass is 10.1. The summed E-state index contributed by atoms with van der Waals surface area (Å²) in [5, 5.41) is 15.1. The Bertz CT molecular complexity index is 777. The van der Waals surface area contributed by atoms with E-state index in [1.807, 2.05) is 30.7 Å². The summed E-state index contributed by atoms with van der Waals surface area (Å²) in [4.78, 5) is 4.68. The summed E-state index contributed by atoms with van der Waals surface area (Å²) in [5.41, 5.74) is 1.24. The molecular weight excluding hydrogens is 507 g/mol. The molecule has 2 aromatic rings. The molecule has 0 aliphatic carbocycles. The standard InChI is InChI=1S/C22H36N6O2.HI/c1-17(2)16-30-14-6-12-23-22(25-15-21-27-26-18(3)28(21)4)24-13-11-19-7-9-20(29-5)10-8-19;/h7-10,17H,6,11-16H2,1-5H3,(H2,23,24,25);1H. The normalized spacial score (nSPS) is 11.4. The second kappa shape index (κ2) is 15.0. The Morgan fingerprint density at radius 2 is 1.84 bits per heavy atom. The maximum absolute atomic E-state index is 5.65. The fraction of sp³-hybridized carbons (Fsp3) is 0.591. The van der Waals surface area contributed by atoms with Crippen LogP contribution in [0.5, 0.6) is 5.75 Å². The van der Waals surface area contributed by atoms with Gasteiger partial charge in [0.2, 0.25) is 0 Å². The van der Waals surface area contributed by atoms with E-state index in [9.17, 15) is 0 Å². The third kappa shape index (κ3) is 10.3. The Morgan fingerprint density at radius 1 is 1.13 bits per heavy atom. The van der Waals surface area contributed by atoms with E-state index in [1.54, 1.807) is 7.11 Å². The summed E-state index contributed by atoms with van der Waals surface area (Å²) in [6.07, 6.45) is 1.82. The van der Waals surface area contributed by atoms with Gasteiger partial charge in [0.05, 0.1) is 7.11 Å². The zero-order valence-electron chi connectivity index (χ0n) is 19.4. The van der Waals surface area contributed by atoms with E-state index in [2.05, 4.69) is 51.8 Å². The monoisotopic (exact) mass is 544 g/mol. The molecule has 0 bridgehead atoms. The van der Waals surface area contributed by atoms with Crippen molar-refractivity contribution in [1.29, 1.82) is 0 Å². The molecule has 9 heteroatoms. The van der Waals surface area contributed by atoms with Crippen LogP contribution < -0.4 is 15.4 Å². The van der Waals surface area contributed by atoms with Crippen LogP contribution in [0.15, 0.2) is 29.3 Å². The first-order valence-corrected chi connectivity index (χ1v) is 10.6. The second-order valence-electron chi connectivity index (χ2n) is 7.66. The van der Waals surface area contributed by atoms with Crippen molar-refractivity contribution in [3.05, 3.63) is 41.5 Å². The molecule has 2 N–H and O–H groups in total. The van der Waals surface area contributed by atoms with Crippen LogP contribution in [0.3, 0.4) is 0 Å². The summed E-state index contributed by atoms with van der Waals surface area (Å²) >= 11 is 0. The molecule has 0 atom stereocenters. The number of nitrogens with one attached hydrogen (secondary N) is 2. The summed E-state index contributed by atoms with van der Waals surface area (Å²) in [6.45, 7) is 9.83. The predicted octanol–water partition coefficient (Wildman–Crippen LogP) is 3.09. The first-order chi connectivity index (χ1) is 14.5. The van der Waals surface area contributed by atoms with Crippen molar-refractivity contribution in [3.63, 3.8) is 0 Å². The van der Waals surface area contributed by atoms with E-state index in [0.717, 1.165) is 62.5 Å². The maximum atomic E-state index is 5.65. The van der Waals surface area contributed by atoms with Gasteiger partial charge in [0.25, 0.3) is 0 Å². The van der Waals surface area contributed by atoms with Crippen molar-refractivity contribution >= 4 is 29.9 Å². The number of aryl methyl sites for hydroxylation is 1. The number of guanidine groups is 1. The van der Waals surface area contributed by atoms with Gasteiger partial charge in [-0.1, -0.05) is 26.0 Å². The molecule has 0 radical (unpaired) electrons. The van der Waals surface area contributed by atoms with E-state index in [0.29, 0.717) is 12.5 Å². The zero-order chi connectivity index (χ0) is 21.8. The Kier molecular flexibility index (Phi) is 13.1. The van der Waals surface area contributed by atoms with Gasteiger partial charge in [-0.05, 0) is 43.4 Å². The largest absolute Gasteiger partial charge is 0.497 e.